The summed E-state index contributed by atoms with van der Waals surface area (Å²) in [6.45, 7) is 14.5. The van der Waals surface area contributed by atoms with Crippen LogP contribution in [0.2, 0.25) is 0 Å². The van der Waals surface area contributed by atoms with Gasteiger partial charge in [0, 0.05) is 34.4 Å². The SMILES string of the molecule is CC[C@@]1(OC(=O)OCCSSCCOC(=O)O[C@H]2CC[C@@]3(C)C(=CC[C@H]4[C@@H]5CC[C@H]([C@H](C)CCCC(C)C)[C@@]5(C)CC[C@@H]43)C2)C(=O)OCc2c1cc1n(c2=O)Cc2cc3ccccc3nc2-1. The van der Waals surface area contributed by atoms with Gasteiger partial charge in [0.1, 0.15) is 25.9 Å². The standard InChI is InChI=1S/C53H68N2O9S2/c1-7-53(43-29-45-46-35(27-34-13-8-9-14-44(34)54-46)30-55(45)47(56)39(43)31-62-48(53)57)64-50(59)61-24-26-66-65-25-23-60-49(58)63-37-19-21-51(5)36(28-37)15-16-38-41-18-17-40(33(4)12-10-11-32(2)3)52(41,6)22-20-42(38)51/h8-9,13-15,27,29,32-33,37-38,40-42H,7,10-12,16-26,28,30-31H2,1-6H3/t33-,37+,38+,40-,41+,42+,51+,52-,53+/m1/s1. The monoisotopic (exact) mass is 940 g/mol. The van der Waals surface area contributed by atoms with E-state index in [-0.39, 0.29) is 48.9 Å². The van der Waals surface area contributed by atoms with Gasteiger partial charge >= 0.3 is 18.3 Å². The Kier molecular flexibility index (Phi) is 13.7. The second-order valence-corrected chi connectivity index (χ2v) is 23.7. The molecule has 0 radical (unpaired) electrons. The third-order valence-electron chi connectivity index (χ3n) is 17.0. The lowest BCUT2D eigenvalue weighted by atomic mass is 9.47. The van der Waals surface area contributed by atoms with Crippen molar-refractivity contribution < 1.29 is 38.1 Å². The van der Waals surface area contributed by atoms with Crippen molar-refractivity contribution in [2.24, 2.45) is 46.3 Å². The van der Waals surface area contributed by atoms with Crippen molar-refractivity contribution in [3.8, 4) is 11.4 Å². The minimum Gasteiger partial charge on any atom is -0.457 e. The van der Waals surface area contributed by atoms with E-state index in [0.717, 1.165) is 71.2 Å². The van der Waals surface area contributed by atoms with Crippen molar-refractivity contribution in [3.05, 3.63) is 75.1 Å². The molecule has 0 spiro atoms. The number of rotatable bonds is 15. The van der Waals surface area contributed by atoms with Gasteiger partial charge in [0.2, 0.25) is 5.60 Å². The van der Waals surface area contributed by atoms with Gasteiger partial charge in [-0.25, -0.2) is 19.4 Å². The number of carbonyl (C=O) groups excluding carboxylic acids is 3. The first-order valence-electron chi connectivity index (χ1n) is 24.7. The summed E-state index contributed by atoms with van der Waals surface area (Å²) in [5.74, 6) is 4.99. The summed E-state index contributed by atoms with van der Waals surface area (Å²) in [6.07, 6.45) is 14.2. The molecule has 66 heavy (non-hydrogen) atoms. The molecule has 0 unspecified atom stereocenters. The highest BCUT2D eigenvalue weighted by atomic mass is 33.1. The van der Waals surface area contributed by atoms with Crippen LogP contribution in [0.1, 0.15) is 135 Å². The topological polar surface area (TPSA) is 132 Å². The van der Waals surface area contributed by atoms with Crippen molar-refractivity contribution in [1.82, 2.24) is 9.55 Å². The summed E-state index contributed by atoms with van der Waals surface area (Å²) >= 11 is 0. The molecule has 2 aromatic heterocycles. The zero-order valence-corrected chi connectivity index (χ0v) is 41.3. The predicted octanol–water partition coefficient (Wildman–Crippen LogP) is 12.2. The fourth-order valence-corrected chi connectivity index (χ4v) is 15.3. The lowest BCUT2D eigenvalue weighted by molar-refractivity contribution is -0.175. The van der Waals surface area contributed by atoms with Crippen molar-refractivity contribution in [2.45, 2.75) is 143 Å². The van der Waals surface area contributed by atoms with Gasteiger partial charge in [-0.05, 0) is 116 Å². The number of hydrogen-bond acceptors (Lipinski definition) is 12. The third-order valence-corrected chi connectivity index (χ3v) is 19.4. The molecule has 3 saturated carbocycles. The predicted molar refractivity (Wildman–Crippen MR) is 259 cm³/mol. The molecule has 9 rings (SSSR count). The van der Waals surface area contributed by atoms with Crippen LogP contribution in [0.3, 0.4) is 0 Å². The maximum Gasteiger partial charge on any atom is 0.509 e. The molecule has 4 heterocycles. The fraction of sp³-hybridized carbons (Fsp3) is 0.642. The Morgan fingerprint density at radius 3 is 2.48 bits per heavy atom. The van der Waals surface area contributed by atoms with Crippen molar-refractivity contribution in [3.63, 3.8) is 0 Å². The van der Waals surface area contributed by atoms with Crippen LogP contribution < -0.4 is 5.56 Å². The van der Waals surface area contributed by atoms with Crippen molar-refractivity contribution in [1.29, 1.82) is 0 Å². The van der Waals surface area contributed by atoms with Crippen molar-refractivity contribution >= 4 is 50.8 Å². The molecule has 356 valence electrons. The van der Waals surface area contributed by atoms with E-state index in [2.05, 4.69) is 40.7 Å². The summed E-state index contributed by atoms with van der Waals surface area (Å²) in [4.78, 5) is 58.0. The Hall–Kier alpha value is -3.97. The number of allylic oxidation sites excluding steroid dienone is 1. The molecule has 3 aromatic rings. The first-order valence-corrected chi connectivity index (χ1v) is 27.2. The Morgan fingerprint density at radius 1 is 0.939 bits per heavy atom. The maximum absolute atomic E-state index is 13.8. The van der Waals surface area contributed by atoms with E-state index in [9.17, 15) is 19.2 Å². The van der Waals surface area contributed by atoms with E-state index in [1.807, 2.05) is 30.3 Å². The zero-order chi connectivity index (χ0) is 46.4. The molecule has 3 fully saturated rings. The normalized spacial score (nSPS) is 29.9. The van der Waals surface area contributed by atoms with Crippen LogP contribution in [0.25, 0.3) is 22.3 Å². The second kappa shape index (κ2) is 19.2. The lowest BCUT2D eigenvalue weighted by Gasteiger charge is -2.58. The highest BCUT2D eigenvalue weighted by Crippen LogP contribution is 2.67. The highest BCUT2D eigenvalue weighted by molar-refractivity contribution is 8.76. The Morgan fingerprint density at radius 2 is 1.71 bits per heavy atom. The summed E-state index contributed by atoms with van der Waals surface area (Å²) in [7, 11) is 2.96. The van der Waals surface area contributed by atoms with Gasteiger partial charge in [-0.3, -0.25) is 4.79 Å². The molecular weight excluding hydrogens is 873 g/mol. The summed E-state index contributed by atoms with van der Waals surface area (Å²) in [5, 5.41) is 0.969. The number of carbonyl (C=O) groups is 3. The molecular formula is C53H68N2O9S2. The lowest BCUT2D eigenvalue weighted by Crippen LogP contribution is -2.51. The number of pyridine rings is 2. The van der Waals surface area contributed by atoms with E-state index in [0.29, 0.717) is 40.4 Å². The molecule has 11 nitrogen and oxygen atoms in total. The van der Waals surface area contributed by atoms with E-state index in [4.69, 9.17) is 28.7 Å². The summed E-state index contributed by atoms with van der Waals surface area (Å²) in [6, 6.07) is 11.5. The van der Waals surface area contributed by atoms with Gasteiger partial charge in [-0.2, -0.15) is 0 Å². The average Bonchev–Trinajstić information content (AvgIpc) is 3.84. The number of nitrogens with zero attached hydrogens (tertiary/aromatic N) is 2. The zero-order valence-electron chi connectivity index (χ0n) is 39.7. The van der Waals surface area contributed by atoms with Gasteiger partial charge < -0.3 is 28.3 Å². The smallest absolute Gasteiger partial charge is 0.457 e. The minimum absolute atomic E-state index is 0.0225. The van der Waals surface area contributed by atoms with E-state index in [1.54, 1.807) is 17.6 Å². The number of ether oxygens (including phenoxy) is 5. The van der Waals surface area contributed by atoms with Crippen molar-refractivity contribution in [2.75, 3.05) is 24.7 Å². The average molecular weight is 941 g/mol. The van der Waals surface area contributed by atoms with Gasteiger partial charge in [0.05, 0.1) is 29.0 Å². The van der Waals surface area contributed by atoms with Gasteiger partial charge in [0.25, 0.3) is 5.56 Å². The van der Waals surface area contributed by atoms with Gasteiger partial charge in [-0.1, -0.05) is 112 Å². The van der Waals surface area contributed by atoms with E-state index < -0.39 is 23.9 Å². The number of aromatic nitrogens is 2. The molecule has 13 heteroatoms. The molecule has 4 aliphatic carbocycles. The number of para-hydroxylation sites is 1. The molecule has 0 N–H and O–H groups in total. The summed E-state index contributed by atoms with van der Waals surface area (Å²) in [5.41, 5.74) is 3.48. The first-order chi connectivity index (χ1) is 31.8. The van der Waals surface area contributed by atoms with Crippen LogP contribution in [-0.4, -0.2) is 58.7 Å². The molecule has 2 aliphatic heterocycles. The Balaban J connectivity index is 0.703. The van der Waals surface area contributed by atoms with Gasteiger partial charge in [-0.15, -0.1) is 0 Å². The first kappa shape index (κ1) is 47.1. The number of esters is 1. The van der Waals surface area contributed by atoms with Crippen LogP contribution in [0.15, 0.2) is 52.8 Å². The van der Waals surface area contributed by atoms with E-state index >= 15 is 0 Å². The molecule has 1 aromatic carbocycles. The van der Waals surface area contributed by atoms with Gasteiger partial charge in [0.15, 0.2) is 0 Å². The number of benzene rings is 1. The number of fused-ring (bicyclic) bond motifs is 10. The van der Waals surface area contributed by atoms with E-state index in [1.165, 1.54) is 78.5 Å². The highest BCUT2D eigenvalue weighted by Gasteiger charge is 2.59. The molecule has 9 atom stereocenters. The minimum atomic E-state index is -1.84. The molecule has 0 amide bonds. The van der Waals surface area contributed by atoms with Crippen LogP contribution in [0.4, 0.5) is 9.59 Å². The largest absolute Gasteiger partial charge is 0.509 e. The van der Waals surface area contributed by atoms with Crippen LogP contribution >= 0.6 is 21.6 Å². The van der Waals surface area contributed by atoms with Crippen LogP contribution in [0.5, 0.6) is 0 Å². The third kappa shape index (κ3) is 8.70. The molecule has 0 saturated heterocycles. The Bertz CT molecular complexity index is 2430. The number of cyclic esters (lactones) is 1. The van der Waals surface area contributed by atoms with Crippen LogP contribution in [-0.2, 0) is 47.2 Å². The maximum atomic E-state index is 13.8. The summed E-state index contributed by atoms with van der Waals surface area (Å²) < 4.78 is 29.7. The van der Waals surface area contributed by atoms with Crippen LogP contribution in [0, 0.1) is 46.3 Å². The Labute approximate surface area is 397 Å². The second-order valence-electron chi connectivity index (χ2n) is 21.0. The number of hydrogen-bond donors (Lipinski definition) is 0. The quantitative estimate of drug-likeness (QED) is 0.0369. The molecule has 0 bridgehead atoms. The molecule has 6 aliphatic rings. The fourth-order valence-electron chi connectivity index (χ4n) is 13.6.